The first kappa shape index (κ1) is 22.7. The Labute approximate surface area is 203 Å². The van der Waals surface area contributed by atoms with Gasteiger partial charge >= 0.3 is 5.97 Å². The summed E-state index contributed by atoms with van der Waals surface area (Å²) in [5.41, 5.74) is 3.25. The molecule has 2 aromatic heterocycles. The highest BCUT2D eigenvalue weighted by molar-refractivity contribution is 6.08. The zero-order chi connectivity index (χ0) is 24.4. The normalized spacial score (nSPS) is 20.5. The Morgan fingerprint density at radius 1 is 1.11 bits per heavy atom. The number of fused-ring (bicyclic) bond motifs is 1. The number of furan rings is 2. The maximum Gasteiger partial charge on any atom is 0.338 e. The van der Waals surface area contributed by atoms with Crippen LogP contribution in [-0.4, -0.2) is 43.3 Å². The molecule has 1 aliphatic heterocycles. The molecule has 0 saturated heterocycles. The Morgan fingerprint density at radius 3 is 2.57 bits per heavy atom. The number of esters is 1. The summed E-state index contributed by atoms with van der Waals surface area (Å²) in [6.07, 6.45) is 7.90. The van der Waals surface area contributed by atoms with Gasteiger partial charge in [0.1, 0.15) is 17.6 Å². The van der Waals surface area contributed by atoms with Crippen LogP contribution < -0.4 is 4.90 Å². The summed E-state index contributed by atoms with van der Waals surface area (Å²) in [6.45, 7) is -0.411. The molecule has 2 unspecified atom stereocenters. The molecule has 0 spiro atoms. The summed E-state index contributed by atoms with van der Waals surface area (Å²) >= 11 is 0. The molecule has 5 rings (SSSR count). The zero-order valence-corrected chi connectivity index (χ0v) is 19.7. The second kappa shape index (κ2) is 9.66. The fourth-order valence-electron chi connectivity index (χ4n) is 4.66. The number of hydrazone groups is 1. The number of amides is 1. The minimum Gasteiger partial charge on any atom is -0.467 e. The minimum atomic E-state index is -0.555. The van der Waals surface area contributed by atoms with Crippen molar-refractivity contribution in [3.63, 3.8) is 0 Å². The van der Waals surface area contributed by atoms with E-state index in [0.29, 0.717) is 11.3 Å². The number of carbonyl (C=O) groups is 2. The van der Waals surface area contributed by atoms with E-state index in [1.807, 2.05) is 55.4 Å². The maximum absolute atomic E-state index is 13.3. The van der Waals surface area contributed by atoms with Crippen LogP contribution in [0, 0.1) is 5.92 Å². The number of hydrogen-bond acceptors (Lipinski definition) is 7. The largest absolute Gasteiger partial charge is 0.467 e. The van der Waals surface area contributed by atoms with Crippen LogP contribution in [0.2, 0.25) is 0 Å². The van der Waals surface area contributed by atoms with Crippen LogP contribution in [0.3, 0.4) is 0 Å². The highest BCUT2D eigenvalue weighted by atomic mass is 16.5. The van der Waals surface area contributed by atoms with Crippen molar-refractivity contribution in [2.45, 2.75) is 25.3 Å². The number of allylic oxidation sites excluding steroid dienone is 1. The lowest BCUT2D eigenvalue weighted by molar-refractivity contribution is -0.137. The summed E-state index contributed by atoms with van der Waals surface area (Å²) in [5.74, 6) is 0.447. The third kappa shape index (κ3) is 4.64. The van der Waals surface area contributed by atoms with Gasteiger partial charge in [-0.25, -0.2) is 9.80 Å². The Balaban J connectivity index is 1.35. The number of nitrogens with zero attached hydrogens (tertiary/aromatic N) is 3. The molecule has 2 atom stereocenters. The second-order valence-electron chi connectivity index (χ2n) is 8.88. The lowest BCUT2D eigenvalue weighted by atomic mass is 9.79. The van der Waals surface area contributed by atoms with Gasteiger partial charge in [-0.05, 0) is 79.4 Å². The van der Waals surface area contributed by atoms with Crippen molar-refractivity contribution in [3.05, 3.63) is 83.7 Å². The molecule has 1 fully saturated rings. The molecule has 0 N–H and O–H groups in total. The van der Waals surface area contributed by atoms with Gasteiger partial charge in [0.2, 0.25) is 0 Å². The fourth-order valence-corrected chi connectivity index (χ4v) is 4.66. The van der Waals surface area contributed by atoms with Crippen molar-refractivity contribution in [2.24, 2.45) is 11.0 Å². The van der Waals surface area contributed by atoms with Crippen LogP contribution in [0.4, 0.5) is 5.69 Å². The molecular formula is C27H27N3O5. The zero-order valence-electron chi connectivity index (χ0n) is 19.7. The van der Waals surface area contributed by atoms with Crippen molar-refractivity contribution >= 4 is 29.4 Å². The monoisotopic (exact) mass is 473 g/mol. The van der Waals surface area contributed by atoms with Crippen LogP contribution >= 0.6 is 0 Å². The molecule has 1 aliphatic carbocycles. The second-order valence-corrected chi connectivity index (χ2v) is 8.88. The molecule has 1 amide bonds. The Hall–Kier alpha value is -4.07. The number of ether oxygens (including phenoxy) is 1. The first-order chi connectivity index (χ1) is 17.0. The van der Waals surface area contributed by atoms with E-state index in [0.717, 1.165) is 42.0 Å². The summed E-state index contributed by atoms with van der Waals surface area (Å²) < 4.78 is 16.6. The van der Waals surface area contributed by atoms with E-state index in [4.69, 9.17) is 18.7 Å². The fraction of sp³-hybridized carbons (Fsp3) is 0.296. The molecule has 3 heterocycles. The van der Waals surface area contributed by atoms with Crippen molar-refractivity contribution in [1.82, 2.24) is 5.01 Å². The number of benzene rings is 1. The van der Waals surface area contributed by atoms with Crippen molar-refractivity contribution < 1.29 is 23.2 Å². The van der Waals surface area contributed by atoms with Gasteiger partial charge in [-0.15, -0.1) is 0 Å². The van der Waals surface area contributed by atoms with E-state index >= 15 is 0 Å². The predicted octanol–water partition coefficient (Wildman–Crippen LogP) is 4.92. The summed E-state index contributed by atoms with van der Waals surface area (Å²) in [4.78, 5) is 27.7. The third-order valence-corrected chi connectivity index (χ3v) is 6.40. The van der Waals surface area contributed by atoms with E-state index in [1.165, 1.54) is 5.01 Å². The number of hydrogen-bond donors (Lipinski definition) is 0. The van der Waals surface area contributed by atoms with E-state index < -0.39 is 18.5 Å². The molecule has 0 bridgehead atoms. The first-order valence-electron chi connectivity index (χ1n) is 11.6. The van der Waals surface area contributed by atoms with Crippen LogP contribution in [0.25, 0.3) is 6.08 Å². The van der Waals surface area contributed by atoms with Gasteiger partial charge in [0.05, 0.1) is 23.8 Å². The van der Waals surface area contributed by atoms with Gasteiger partial charge in [0.25, 0.3) is 5.91 Å². The Bertz CT molecular complexity index is 1240. The van der Waals surface area contributed by atoms with Gasteiger partial charge in [-0.2, -0.15) is 5.10 Å². The molecule has 1 saturated carbocycles. The number of carbonyl (C=O) groups excluding carboxylic acids is 2. The van der Waals surface area contributed by atoms with Crippen molar-refractivity contribution in [1.29, 1.82) is 0 Å². The molecule has 180 valence electrons. The van der Waals surface area contributed by atoms with Crippen LogP contribution in [0.1, 0.15) is 47.2 Å². The summed E-state index contributed by atoms with van der Waals surface area (Å²) in [7, 11) is 3.84. The highest BCUT2D eigenvalue weighted by Gasteiger charge is 2.45. The smallest absolute Gasteiger partial charge is 0.338 e. The van der Waals surface area contributed by atoms with Gasteiger partial charge in [-0.1, -0.05) is 0 Å². The third-order valence-electron chi connectivity index (χ3n) is 6.40. The van der Waals surface area contributed by atoms with E-state index in [-0.39, 0.29) is 12.0 Å². The number of anilines is 1. The van der Waals surface area contributed by atoms with Gasteiger partial charge < -0.3 is 18.5 Å². The van der Waals surface area contributed by atoms with Crippen LogP contribution in [0.15, 0.2) is 80.6 Å². The lowest BCUT2D eigenvalue weighted by Gasteiger charge is -2.27. The van der Waals surface area contributed by atoms with E-state index in [1.54, 1.807) is 30.7 Å². The lowest BCUT2D eigenvalue weighted by Crippen LogP contribution is -2.34. The SMILES string of the molecule is CN(C)c1ccc(C(=O)OCC(=O)N2N=C3C(=Cc4ccco4)CCCC3C2c2ccco2)cc1. The summed E-state index contributed by atoms with van der Waals surface area (Å²) in [5, 5.41) is 6.14. The average Bonchev–Trinajstić information content (AvgIpc) is 3.63. The van der Waals surface area contributed by atoms with Crippen LogP contribution in [-0.2, 0) is 9.53 Å². The van der Waals surface area contributed by atoms with Crippen molar-refractivity contribution in [3.8, 4) is 0 Å². The Kier molecular flexibility index (Phi) is 6.27. The van der Waals surface area contributed by atoms with Crippen molar-refractivity contribution in [2.75, 3.05) is 25.6 Å². The maximum atomic E-state index is 13.3. The van der Waals surface area contributed by atoms with Gasteiger partial charge in [-0.3, -0.25) is 4.79 Å². The number of rotatable bonds is 6. The minimum absolute atomic E-state index is 0.00524. The summed E-state index contributed by atoms with van der Waals surface area (Å²) in [6, 6.07) is 14.0. The molecular weight excluding hydrogens is 446 g/mol. The molecule has 3 aromatic rings. The first-order valence-corrected chi connectivity index (χ1v) is 11.6. The average molecular weight is 474 g/mol. The highest BCUT2D eigenvalue weighted by Crippen LogP contribution is 2.44. The standard InChI is InChI=1S/C27H27N3O5/c1-29(2)20-12-10-18(11-13-20)27(32)35-17-24(31)30-26(23-9-5-15-34-23)22-8-3-6-19(25(22)28-30)16-21-7-4-14-33-21/h4-5,7,9-16,22,26H,3,6,8,17H2,1-2H3. The van der Waals surface area contributed by atoms with E-state index in [2.05, 4.69) is 0 Å². The van der Waals surface area contributed by atoms with Crippen LogP contribution in [0.5, 0.6) is 0 Å². The van der Waals surface area contributed by atoms with Gasteiger partial charge in [0, 0.05) is 25.7 Å². The molecule has 0 radical (unpaired) electrons. The molecule has 2 aliphatic rings. The quantitative estimate of drug-likeness (QED) is 0.472. The van der Waals surface area contributed by atoms with Gasteiger partial charge in [0.15, 0.2) is 6.61 Å². The molecule has 8 nitrogen and oxygen atoms in total. The Morgan fingerprint density at radius 2 is 1.89 bits per heavy atom. The predicted molar refractivity (Wildman–Crippen MR) is 131 cm³/mol. The van der Waals surface area contributed by atoms with E-state index in [9.17, 15) is 9.59 Å². The topological polar surface area (TPSA) is 88.5 Å². The molecule has 1 aromatic carbocycles. The molecule has 35 heavy (non-hydrogen) atoms. The molecule has 8 heteroatoms.